The van der Waals surface area contributed by atoms with Gasteiger partial charge in [-0.15, -0.1) is 0 Å². The maximum atomic E-state index is 13.1. The molecular weight excluding hydrogens is 1250 g/mol. The Morgan fingerprint density at radius 1 is 0.534 bits per heavy atom. The molecule has 4 aromatic heterocycles. The second kappa shape index (κ2) is 27.2. The van der Waals surface area contributed by atoms with Gasteiger partial charge < -0.3 is 34.6 Å². The van der Waals surface area contributed by atoms with Crippen LogP contribution >= 0.6 is 23.2 Å². The van der Waals surface area contributed by atoms with Crippen LogP contribution in [-0.4, -0.2) is 143 Å². The molecule has 0 radical (unpaired) electrons. The Balaban J connectivity index is 0.000000140. The number of anilines is 2. The Bertz CT molecular complexity index is 4080. The van der Waals surface area contributed by atoms with Crippen molar-refractivity contribution in [3.63, 3.8) is 0 Å². The van der Waals surface area contributed by atoms with Gasteiger partial charge in [0.2, 0.25) is 26.0 Å². The van der Waals surface area contributed by atoms with Crippen LogP contribution in [0, 0.1) is 5.92 Å². The van der Waals surface area contributed by atoms with Crippen molar-refractivity contribution < 1.29 is 56.4 Å². The molecule has 16 nitrogen and oxygen atoms in total. The number of nitrogens with zero attached hydrogens (tertiary/aromatic N) is 4. The quantitative estimate of drug-likeness (QED) is 0.0824. The van der Waals surface area contributed by atoms with E-state index in [2.05, 4.69) is 40.5 Å². The van der Waals surface area contributed by atoms with Gasteiger partial charge in [0.05, 0.1) is 29.4 Å². The topological polar surface area (TPSA) is 208 Å². The Morgan fingerprint density at radius 2 is 0.920 bits per heavy atom. The third-order valence-corrected chi connectivity index (χ3v) is 20.6. The number of hydrogen-bond acceptors (Lipinski definition) is 9. The zero-order valence-electron chi connectivity index (χ0n) is 49.2. The number of carbonyl (C=O) groups excluding carboxylic acids is 1. The normalized spacial score (nSPS) is 17.7. The summed E-state index contributed by atoms with van der Waals surface area (Å²) in [6.45, 7) is 6.93. The molecule has 12 rings (SSSR count). The van der Waals surface area contributed by atoms with E-state index in [0.717, 1.165) is 120 Å². The number of aromatic amines is 4. The first-order chi connectivity index (χ1) is 41.4. The zero-order chi connectivity index (χ0) is 63.5. The predicted molar refractivity (Wildman–Crippen MR) is 338 cm³/mol. The second-order valence-corrected chi connectivity index (χ2v) is 30.3. The number of alkyl halides is 6. The van der Waals surface area contributed by atoms with E-state index in [1.165, 1.54) is 46.9 Å². The minimum absolute atomic E-state index is 0.0225. The predicted octanol–water partition coefficient (Wildman–Crippen LogP) is 13.0. The van der Waals surface area contributed by atoms with Crippen LogP contribution in [0.2, 0.25) is 10.0 Å². The van der Waals surface area contributed by atoms with Crippen molar-refractivity contribution in [3.8, 4) is 0 Å². The van der Waals surface area contributed by atoms with Crippen molar-refractivity contribution >= 4 is 114 Å². The fraction of sp³-hybridized carbons (Fsp3) is 0.459. The van der Waals surface area contributed by atoms with Gasteiger partial charge in [0.1, 0.15) is 9.84 Å². The molecule has 478 valence electrons. The number of benzene rings is 4. The molecule has 4 aliphatic rings. The number of nitrogens with one attached hydrogen (secondary N) is 5. The van der Waals surface area contributed by atoms with Gasteiger partial charge in [-0.3, -0.25) is 4.79 Å². The Labute approximate surface area is 518 Å². The van der Waals surface area contributed by atoms with Crippen LogP contribution in [0.5, 0.6) is 0 Å². The number of sulfone groups is 1. The first-order valence-corrected chi connectivity index (χ1v) is 35.7. The molecule has 8 aromatic rings. The zero-order valence-corrected chi connectivity index (χ0v) is 53.1. The summed E-state index contributed by atoms with van der Waals surface area (Å²) in [5, 5.41) is 5.40. The summed E-state index contributed by atoms with van der Waals surface area (Å²) in [4.78, 5) is 29.8. The summed E-state index contributed by atoms with van der Waals surface area (Å²) < 4.78 is 151. The van der Waals surface area contributed by atoms with Gasteiger partial charge in [0, 0.05) is 161 Å². The number of fused-ring (bicyclic) bond motifs is 4. The van der Waals surface area contributed by atoms with Gasteiger partial charge in [-0.1, -0.05) is 23.2 Å². The lowest BCUT2D eigenvalue weighted by atomic mass is 9.86. The fourth-order valence-electron chi connectivity index (χ4n) is 12.5. The van der Waals surface area contributed by atoms with E-state index in [9.17, 15) is 56.4 Å². The average molecular weight is 1330 g/mol. The van der Waals surface area contributed by atoms with Crippen LogP contribution < -0.4 is 14.5 Å². The van der Waals surface area contributed by atoms with Crippen molar-refractivity contribution in [3.05, 3.63) is 130 Å². The summed E-state index contributed by atoms with van der Waals surface area (Å²) in [5.41, 5.74) is 5.41. The molecule has 0 bridgehead atoms. The molecular formula is C61H73Cl2F6N9O7S3. The van der Waals surface area contributed by atoms with Gasteiger partial charge >= 0.3 is 12.4 Å². The summed E-state index contributed by atoms with van der Waals surface area (Å²) in [5.74, 6) is 0.808. The maximum absolute atomic E-state index is 13.1. The lowest BCUT2D eigenvalue weighted by Gasteiger charge is -2.34. The first kappa shape index (κ1) is 66.5. The van der Waals surface area contributed by atoms with E-state index in [1.807, 2.05) is 48.8 Å². The minimum Gasteiger partial charge on any atom is -0.371 e. The van der Waals surface area contributed by atoms with E-state index in [0.29, 0.717) is 85.2 Å². The van der Waals surface area contributed by atoms with Crippen LogP contribution in [0.3, 0.4) is 0 Å². The number of aromatic nitrogens is 4. The molecule has 0 unspecified atom stereocenters. The molecule has 5 N–H and O–H groups in total. The summed E-state index contributed by atoms with van der Waals surface area (Å²) >= 11 is 12.4. The molecule has 0 spiro atoms. The highest BCUT2D eigenvalue weighted by molar-refractivity contribution is 7.90. The highest BCUT2D eigenvalue weighted by Crippen LogP contribution is 2.41. The highest BCUT2D eigenvalue weighted by Gasteiger charge is 2.36. The Kier molecular flexibility index (Phi) is 20.6. The number of halogens is 8. The summed E-state index contributed by atoms with van der Waals surface area (Å²) in [7, 11) is -9.23. The van der Waals surface area contributed by atoms with Crippen molar-refractivity contribution in [2.45, 2.75) is 94.9 Å². The van der Waals surface area contributed by atoms with Crippen molar-refractivity contribution in [2.75, 3.05) is 86.7 Å². The van der Waals surface area contributed by atoms with Crippen molar-refractivity contribution in [1.29, 1.82) is 0 Å². The van der Waals surface area contributed by atoms with Gasteiger partial charge in [0.15, 0.2) is 0 Å². The molecule has 0 saturated carbocycles. The minimum atomic E-state index is -4.40. The van der Waals surface area contributed by atoms with E-state index in [-0.39, 0.29) is 23.8 Å². The van der Waals surface area contributed by atoms with Gasteiger partial charge in [0.25, 0.3) is 0 Å². The average Bonchev–Trinajstić information content (AvgIpc) is 1.83. The SMILES string of the molecule is CC(=O)N1CCC(c2cc(C(F)(F)F)cc3[nH]ccc23)CC1.CS(=O)(=O)CCC1CCN(c2cc(Cl)cc3[nH]ccc23)CC1.CS(=O)(=O)N1CCC(c2cc(C(F)(F)F)cc3[nH]ccc23)CC1.CS(=O)(=O)NC1CCN(c2cc(Cl)cc3[nH]ccc23)CC1. The first-order valence-electron chi connectivity index (χ1n) is 29.1. The van der Waals surface area contributed by atoms with Crippen LogP contribution in [0.4, 0.5) is 37.7 Å². The summed E-state index contributed by atoms with van der Waals surface area (Å²) in [6.07, 6.45) is 8.94. The number of carbonyl (C=O) groups is 1. The van der Waals surface area contributed by atoms with Crippen LogP contribution in [0.25, 0.3) is 43.6 Å². The lowest BCUT2D eigenvalue weighted by molar-refractivity contribution is -0.138. The standard InChI is InChI=1S/C16H21ClN2O2S.C16H17F3N2O.C15H17F3N2O2S.C14H18ClN3O2S/c1-22(20,21)9-5-12-3-7-19(8-4-12)16-11-13(17)10-15-14(16)2-6-18-15;1-10(22)21-6-3-11(4-7-21)14-8-12(16(17,18)19)9-15-13(14)2-5-20-15;1-23(21,22)20-6-3-10(4-7-20)13-8-11(15(16,17)18)9-14-12(13)2-5-19-14;1-21(19,20)17-11-3-6-18(7-4-11)14-9-10(15)8-13-12(14)2-5-16-13/h2,6,10-12,18H,3-5,7-9H2,1H3;2,5,8-9,11,20H,3-4,6-7H2,1H3;2,5,8-10,19H,3-4,6-7H2,1H3;2,5,8-9,11,16-17H,3-4,6-7H2,1H3. The second-order valence-electron chi connectivity index (χ2n) is 23.4. The molecule has 0 aliphatic carbocycles. The molecule has 4 aromatic carbocycles. The van der Waals surface area contributed by atoms with Gasteiger partial charge in [-0.25, -0.2) is 34.3 Å². The van der Waals surface area contributed by atoms with E-state index < -0.39 is 53.4 Å². The van der Waals surface area contributed by atoms with Gasteiger partial charge in [-0.2, -0.15) is 26.3 Å². The number of piperidine rings is 4. The molecule has 4 aliphatic heterocycles. The molecule has 0 atom stereocenters. The number of hydrogen-bond donors (Lipinski definition) is 5. The fourth-order valence-corrected chi connectivity index (χ4v) is 15.4. The lowest BCUT2D eigenvalue weighted by Crippen LogP contribution is -2.44. The third kappa shape index (κ3) is 17.1. The largest absolute Gasteiger partial charge is 0.416 e. The molecule has 1 amide bonds. The van der Waals surface area contributed by atoms with E-state index >= 15 is 0 Å². The van der Waals surface area contributed by atoms with Crippen LogP contribution in [0.15, 0.2) is 97.6 Å². The van der Waals surface area contributed by atoms with Crippen LogP contribution in [0.1, 0.15) is 98.8 Å². The van der Waals surface area contributed by atoms with Gasteiger partial charge in [-0.05, 0) is 159 Å². The Morgan fingerprint density at radius 3 is 1.30 bits per heavy atom. The van der Waals surface area contributed by atoms with Crippen molar-refractivity contribution in [2.24, 2.45) is 5.92 Å². The monoisotopic (exact) mass is 1320 g/mol. The number of amides is 1. The van der Waals surface area contributed by atoms with Crippen LogP contribution in [-0.2, 0) is 47.0 Å². The number of likely N-dealkylation sites (tertiary alicyclic amines) is 1. The highest BCUT2D eigenvalue weighted by atomic mass is 35.5. The molecule has 88 heavy (non-hydrogen) atoms. The van der Waals surface area contributed by atoms with E-state index in [1.54, 1.807) is 23.4 Å². The number of H-pyrrole nitrogens is 4. The number of rotatable bonds is 10. The third-order valence-electron chi connectivity index (χ3n) is 17.1. The van der Waals surface area contributed by atoms with E-state index in [4.69, 9.17) is 23.2 Å². The Hall–Kier alpha value is -5.96. The maximum Gasteiger partial charge on any atom is 0.416 e. The smallest absolute Gasteiger partial charge is 0.371 e. The molecule has 4 saturated heterocycles. The molecule has 27 heteroatoms. The summed E-state index contributed by atoms with van der Waals surface area (Å²) in [6, 6.07) is 20.3. The molecule has 4 fully saturated rings. The number of sulfonamides is 2. The van der Waals surface area contributed by atoms with Crippen molar-refractivity contribution in [1.82, 2.24) is 33.9 Å². The molecule has 8 heterocycles.